The SMILES string of the molecule is CC(C)(C)OC(=O)NC(CCCCNC(=O)C(F)(F)F)C(=O)Nc1ccc(CO)cc1.CC(C)(C)OC(=O)NC(CCCCNC(=O)C(F)(F)F)C(=O)O.CCOC(=O)N1c2ccccc2C=CC1OCC.Nc1ccc(CO)cc1.[B]. The van der Waals surface area contributed by atoms with Gasteiger partial charge in [0.2, 0.25) is 5.91 Å². The number of carbonyl (C=O) groups is 7. The van der Waals surface area contributed by atoms with Crippen LogP contribution in [0.25, 0.3) is 6.08 Å². The number of benzene rings is 3. The Balaban J connectivity index is 0.00000113. The van der Waals surface area contributed by atoms with Crippen molar-refractivity contribution in [3.8, 4) is 0 Å². The third kappa shape index (κ3) is 31.4. The first kappa shape index (κ1) is 74.4. The molecule has 1 heterocycles. The van der Waals surface area contributed by atoms with Crippen molar-refractivity contribution in [3.05, 3.63) is 95.6 Å². The number of hydrogen-bond acceptors (Lipinski definition) is 14. The predicted octanol–water partition coefficient (Wildman–Crippen LogP) is 8.09. The standard InChI is InChI=1S/C20H28F3N3O5.C14H17NO3.C13H21F3N2O5.C7H9NO.B/c1-19(2,3)31-18(30)26-15(6-4-5-11-24-17(29)20(21,22)23)16(28)25-14-9-7-13(12-27)8-10-14;1-3-17-13-10-9-11-7-5-6-8-12(11)15(13)14(16)18-4-2;1-12(2,3)23-11(22)18-8(9(19)20)6-4-5-7-17-10(21)13(14,15)16;8-7-3-1-6(5-9)2-4-7;/h7-10,15,27H,4-6,11-12H2,1-3H3,(H,24,29)(H,25,28)(H,26,30);5-10,13H,3-4H2,1-2H3;8H,4-7H2,1-3H3,(H,17,21)(H,18,22)(H,19,20);1-4,9H,5,8H2;. The lowest BCUT2D eigenvalue weighted by Gasteiger charge is -2.32. The molecule has 10 N–H and O–H groups in total. The Morgan fingerprint density at radius 1 is 0.646 bits per heavy atom. The van der Waals surface area contributed by atoms with E-state index in [1.54, 1.807) is 113 Å². The van der Waals surface area contributed by atoms with Gasteiger partial charge in [0.15, 0.2) is 6.23 Å². The van der Waals surface area contributed by atoms with Crippen LogP contribution in [0.15, 0.2) is 78.9 Å². The van der Waals surface area contributed by atoms with E-state index in [-0.39, 0.29) is 79.3 Å². The number of rotatable bonds is 20. The molecule has 21 nitrogen and oxygen atoms in total. The first-order valence-electron chi connectivity index (χ1n) is 25.5. The number of carboxylic acid groups (broad SMARTS) is 1. The molecule has 0 aliphatic carbocycles. The maximum Gasteiger partial charge on any atom is 0.471 e. The number of amides is 6. The number of para-hydroxylation sites is 1. The molecule has 3 atom stereocenters. The highest BCUT2D eigenvalue weighted by Gasteiger charge is 2.39. The average Bonchev–Trinajstić information content (AvgIpc) is 3.37. The maximum atomic E-state index is 12.6. The molecule has 1 aliphatic rings. The highest BCUT2D eigenvalue weighted by atomic mass is 19.4. The fourth-order valence-electron chi connectivity index (χ4n) is 6.48. The van der Waals surface area contributed by atoms with Crippen molar-refractivity contribution >= 4 is 73.5 Å². The summed E-state index contributed by atoms with van der Waals surface area (Å²) >= 11 is 0. The van der Waals surface area contributed by atoms with Gasteiger partial charge in [0.25, 0.3) is 0 Å². The second-order valence-electron chi connectivity index (χ2n) is 19.3. The summed E-state index contributed by atoms with van der Waals surface area (Å²) in [6, 6.07) is 19.0. The van der Waals surface area contributed by atoms with Gasteiger partial charge in [-0.25, -0.2) is 24.1 Å². The van der Waals surface area contributed by atoms with Crippen LogP contribution in [0.2, 0.25) is 0 Å². The lowest BCUT2D eigenvalue weighted by Crippen LogP contribution is -2.45. The summed E-state index contributed by atoms with van der Waals surface area (Å²) in [7, 11) is 0. The number of halogens is 6. The largest absolute Gasteiger partial charge is 0.480 e. The molecule has 1 aliphatic heterocycles. The Morgan fingerprint density at radius 3 is 1.52 bits per heavy atom. The van der Waals surface area contributed by atoms with Crippen LogP contribution in [0.4, 0.5) is 57.8 Å². The zero-order valence-electron chi connectivity index (χ0n) is 47.0. The molecule has 0 fully saturated rings. The van der Waals surface area contributed by atoms with Crippen molar-refractivity contribution in [2.45, 2.75) is 149 Å². The number of hydrogen-bond donors (Lipinski definition) is 9. The van der Waals surface area contributed by atoms with Crippen LogP contribution in [0.1, 0.15) is 111 Å². The van der Waals surface area contributed by atoms with Gasteiger partial charge in [-0.15, -0.1) is 0 Å². The van der Waals surface area contributed by atoms with E-state index in [2.05, 4.69) is 16.0 Å². The number of alkyl carbamates (subject to hydrolysis) is 2. The Morgan fingerprint density at radius 2 is 1.10 bits per heavy atom. The molecule has 3 aromatic carbocycles. The summed E-state index contributed by atoms with van der Waals surface area (Å²) in [5, 5.41) is 37.3. The van der Waals surface area contributed by atoms with E-state index < -0.39 is 77.7 Å². The van der Waals surface area contributed by atoms with Gasteiger partial charge in [0.1, 0.15) is 23.3 Å². The third-order valence-corrected chi connectivity index (χ3v) is 10.2. The Kier molecular flexibility index (Phi) is 33.3. The number of aliphatic carboxylic acids is 1. The highest BCUT2D eigenvalue weighted by Crippen LogP contribution is 2.30. The molecule has 28 heteroatoms. The molecule has 4 rings (SSSR count). The van der Waals surface area contributed by atoms with E-state index >= 15 is 0 Å². The van der Waals surface area contributed by atoms with Gasteiger partial charge >= 0.3 is 48.4 Å². The Labute approximate surface area is 474 Å². The van der Waals surface area contributed by atoms with Crippen LogP contribution < -0.4 is 37.2 Å². The number of carbonyl (C=O) groups excluding carboxylic acids is 6. The number of nitrogens with one attached hydrogen (secondary N) is 5. The number of alkyl halides is 6. The topological polar surface area (TPSA) is 307 Å². The molecular formula is C54H75BF6N7O14. The van der Waals surface area contributed by atoms with Crippen LogP contribution in [-0.4, -0.2) is 134 Å². The molecule has 0 saturated heterocycles. The van der Waals surface area contributed by atoms with Crippen molar-refractivity contribution in [3.63, 3.8) is 0 Å². The Bertz CT molecular complexity index is 2480. The third-order valence-electron chi connectivity index (χ3n) is 10.2. The lowest BCUT2D eigenvalue weighted by molar-refractivity contribution is -0.173. The number of aliphatic hydroxyl groups excluding tert-OH is 2. The van der Waals surface area contributed by atoms with Crippen LogP contribution in [0.5, 0.6) is 0 Å². The predicted molar refractivity (Wildman–Crippen MR) is 294 cm³/mol. The van der Waals surface area contributed by atoms with Gasteiger partial charge < -0.3 is 66.6 Å². The lowest BCUT2D eigenvalue weighted by atomic mass is 10.1. The first-order chi connectivity index (χ1) is 37.7. The van der Waals surface area contributed by atoms with Crippen molar-refractivity contribution in [1.82, 2.24) is 21.3 Å². The number of nitrogens with two attached hydrogens (primary N) is 1. The van der Waals surface area contributed by atoms with E-state index in [9.17, 15) is 59.9 Å². The molecule has 82 heavy (non-hydrogen) atoms. The van der Waals surface area contributed by atoms with Crippen molar-refractivity contribution in [2.24, 2.45) is 0 Å². The van der Waals surface area contributed by atoms with Crippen LogP contribution >= 0.6 is 0 Å². The number of unbranched alkanes of at least 4 members (excludes halogenated alkanes) is 2. The normalized spacial score (nSPS) is 13.3. The summed E-state index contributed by atoms with van der Waals surface area (Å²) in [5.74, 6) is -5.89. The average molecular weight is 1170 g/mol. The number of anilines is 3. The smallest absolute Gasteiger partial charge is 0.471 e. The van der Waals surface area contributed by atoms with Crippen LogP contribution in [-0.2, 0) is 51.3 Å². The minimum absolute atomic E-state index is 0. The van der Waals surface area contributed by atoms with E-state index in [1.165, 1.54) is 0 Å². The first-order valence-corrected chi connectivity index (χ1v) is 25.5. The second kappa shape index (κ2) is 36.7. The minimum Gasteiger partial charge on any atom is -0.480 e. The number of nitrogens with zero attached hydrogens (tertiary/aromatic N) is 1. The molecule has 0 saturated carbocycles. The van der Waals surface area contributed by atoms with Crippen LogP contribution in [0, 0.1) is 0 Å². The van der Waals surface area contributed by atoms with Crippen molar-refractivity contribution in [2.75, 3.05) is 42.3 Å². The molecule has 0 spiro atoms. The summed E-state index contributed by atoms with van der Waals surface area (Å²) < 4.78 is 93.0. The maximum absolute atomic E-state index is 12.6. The van der Waals surface area contributed by atoms with Gasteiger partial charge in [0, 0.05) is 39.5 Å². The minimum atomic E-state index is -4.95. The Hall–Kier alpha value is -7.59. The van der Waals surface area contributed by atoms with E-state index in [0.717, 1.165) is 22.5 Å². The summed E-state index contributed by atoms with van der Waals surface area (Å²) in [6.45, 7) is 13.9. The van der Waals surface area contributed by atoms with Gasteiger partial charge in [-0.3, -0.25) is 14.4 Å². The van der Waals surface area contributed by atoms with Crippen LogP contribution in [0.3, 0.4) is 0 Å². The highest BCUT2D eigenvalue weighted by molar-refractivity contribution is 5.96. The monoisotopic (exact) mass is 1170 g/mol. The number of ether oxygens (including phenoxy) is 4. The molecule has 0 bridgehead atoms. The van der Waals surface area contributed by atoms with E-state index in [0.29, 0.717) is 24.5 Å². The second-order valence-corrected chi connectivity index (χ2v) is 19.3. The summed E-state index contributed by atoms with van der Waals surface area (Å²) in [6.07, 6.45) is -7.67. The van der Waals surface area contributed by atoms with Crippen molar-refractivity contribution in [1.29, 1.82) is 0 Å². The van der Waals surface area contributed by atoms with Gasteiger partial charge in [0.05, 0.1) is 25.5 Å². The molecule has 3 unspecified atom stereocenters. The molecule has 3 radical (unpaired) electrons. The molecule has 3 aromatic rings. The quantitative estimate of drug-likeness (QED) is 0.0170. The van der Waals surface area contributed by atoms with Gasteiger partial charge in [-0.1, -0.05) is 48.5 Å². The summed E-state index contributed by atoms with van der Waals surface area (Å²) in [4.78, 5) is 82.1. The fourth-order valence-corrected chi connectivity index (χ4v) is 6.48. The molecule has 455 valence electrons. The number of fused-ring (bicyclic) bond motifs is 1. The van der Waals surface area contributed by atoms with Gasteiger partial charge in [-0.2, -0.15) is 26.3 Å². The zero-order chi connectivity index (χ0) is 61.6. The molecule has 0 aromatic heterocycles. The van der Waals surface area contributed by atoms with E-state index in [4.69, 9.17) is 40.0 Å². The fraction of sp³-hybridized carbons (Fsp3) is 0.500. The zero-order valence-corrected chi connectivity index (χ0v) is 47.0. The van der Waals surface area contributed by atoms with E-state index in [1.807, 2.05) is 43.3 Å². The number of carboxylic acids is 1. The van der Waals surface area contributed by atoms with Crippen molar-refractivity contribution < 1.29 is 94.2 Å². The number of aliphatic hydroxyl groups is 2. The number of nitrogen functional groups attached to an aromatic ring is 1. The molecule has 6 amide bonds. The summed E-state index contributed by atoms with van der Waals surface area (Å²) in [5.41, 5.74) is 8.35. The molecular weight excluding hydrogens is 1100 g/mol. The van der Waals surface area contributed by atoms with Gasteiger partial charge in [-0.05, 0) is 147 Å².